The Labute approximate surface area is 217 Å². The molecule has 0 spiro atoms. The lowest BCUT2D eigenvalue weighted by Gasteiger charge is -2.18. The summed E-state index contributed by atoms with van der Waals surface area (Å²) in [4.78, 5) is 36.5. The van der Waals surface area contributed by atoms with Crippen LogP contribution in [-0.4, -0.2) is 46.0 Å². The summed E-state index contributed by atoms with van der Waals surface area (Å²) in [6.45, 7) is 1.71. The molecule has 0 aliphatic carbocycles. The molecule has 1 unspecified atom stereocenters. The van der Waals surface area contributed by atoms with Crippen LogP contribution in [0.1, 0.15) is 66.4 Å². The van der Waals surface area contributed by atoms with E-state index in [9.17, 15) is 14.4 Å². The van der Waals surface area contributed by atoms with Crippen LogP contribution in [0.15, 0.2) is 35.9 Å². The molecule has 0 saturated heterocycles. The number of hydrogen-bond acceptors (Lipinski definition) is 7. The fourth-order valence-electron chi connectivity index (χ4n) is 4.15. The van der Waals surface area contributed by atoms with E-state index in [1.807, 2.05) is 6.07 Å². The molecule has 2 amide bonds. The lowest BCUT2D eigenvalue weighted by atomic mass is 9.90. The van der Waals surface area contributed by atoms with Crippen LogP contribution >= 0.6 is 0 Å². The second kappa shape index (κ2) is 13.9. The van der Waals surface area contributed by atoms with Gasteiger partial charge in [-0.2, -0.15) is 0 Å². The highest BCUT2D eigenvalue weighted by atomic mass is 16.5. The van der Waals surface area contributed by atoms with Crippen LogP contribution < -0.4 is 30.4 Å². The number of Topliss-reactive ketones (excluding diaryl/α,β-unsaturated/α-hetero) is 1. The predicted molar refractivity (Wildman–Crippen MR) is 141 cm³/mol. The van der Waals surface area contributed by atoms with Crippen molar-refractivity contribution in [2.45, 2.75) is 44.9 Å². The van der Waals surface area contributed by atoms with Gasteiger partial charge in [-0.05, 0) is 61.2 Å². The van der Waals surface area contributed by atoms with Crippen molar-refractivity contribution in [2.75, 3.05) is 28.4 Å². The molecule has 9 nitrogen and oxygen atoms in total. The van der Waals surface area contributed by atoms with Crippen LogP contribution in [0.4, 0.5) is 0 Å². The first-order chi connectivity index (χ1) is 17.7. The molecule has 0 saturated carbocycles. The number of nitrogens with two attached hydrogens (primary N) is 2. The number of ketones is 1. The van der Waals surface area contributed by atoms with Gasteiger partial charge < -0.3 is 30.4 Å². The summed E-state index contributed by atoms with van der Waals surface area (Å²) in [6, 6.07) is 8.56. The predicted octanol–water partition coefficient (Wildman–Crippen LogP) is 4.01. The van der Waals surface area contributed by atoms with Gasteiger partial charge in [0.05, 0.1) is 34.4 Å². The fourth-order valence-corrected chi connectivity index (χ4v) is 4.15. The van der Waals surface area contributed by atoms with E-state index in [-0.39, 0.29) is 11.7 Å². The number of carbonyl (C=O) groups is 3. The zero-order valence-corrected chi connectivity index (χ0v) is 22.1. The first-order valence-corrected chi connectivity index (χ1v) is 11.9. The summed E-state index contributed by atoms with van der Waals surface area (Å²) in [7, 11) is 5.99. The summed E-state index contributed by atoms with van der Waals surface area (Å²) in [5, 5.41) is 0. The van der Waals surface area contributed by atoms with E-state index < -0.39 is 11.8 Å². The Kier molecular flexibility index (Phi) is 11.0. The lowest BCUT2D eigenvalue weighted by molar-refractivity contribution is -0.120. The van der Waals surface area contributed by atoms with Gasteiger partial charge in [-0.1, -0.05) is 18.9 Å². The quantitative estimate of drug-likeness (QED) is 0.209. The standard InChI is InChI=1S/C28H36N2O7/c1-17(26(32)19-15-23(35-3)27(37-5)24(16-19)36-4)13-18-11-12-22(34-2)21(14-18)20(28(30)33)9-7-6-8-10-25(29)31/h11-16,20H,6-10H2,1-5H3,(H2,29,31)(H2,30,33)/b17-13+. The molecular formula is C28H36N2O7. The minimum atomic E-state index is -0.581. The Morgan fingerprint density at radius 3 is 1.97 bits per heavy atom. The number of benzene rings is 2. The number of rotatable bonds is 15. The maximum Gasteiger partial charge on any atom is 0.225 e. The lowest BCUT2D eigenvalue weighted by Crippen LogP contribution is -2.22. The van der Waals surface area contributed by atoms with Gasteiger partial charge in [-0.3, -0.25) is 14.4 Å². The van der Waals surface area contributed by atoms with Gasteiger partial charge in [0.15, 0.2) is 17.3 Å². The molecule has 0 aromatic heterocycles. The number of primary amides is 2. The van der Waals surface area contributed by atoms with E-state index >= 15 is 0 Å². The number of hydrogen-bond donors (Lipinski definition) is 2. The Morgan fingerprint density at radius 2 is 1.46 bits per heavy atom. The number of amides is 2. The van der Waals surface area contributed by atoms with Gasteiger partial charge in [0.1, 0.15) is 5.75 Å². The van der Waals surface area contributed by atoms with Crippen LogP contribution in [0.3, 0.4) is 0 Å². The fraction of sp³-hybridized carbons (Fsp3) is 0.393. The van der Waals surface area contributed by atoms with Gasteiger partial charge >= 0.3 is 0 Å². The molecular weight excluding hydrogens is 476 g/mol. The molecule has 0 heterocycles. The van der Waals surface area contributed by atoms with Crippen LogP contribution in [0.25, 0.3) is 6.08 Å². The van der Waals surface area contributed by atoms with Crippen LogP contribution in [0.5, 0.6) is 23.0 Å². The zero-order valence-electron chi connectivity index (χ0n) is 22.1. The van der Waals surface area contributed by atoms with E-state index in [0.717, 1.165) is 6.42 Å². The molecule has 0 bridgehead atoms. The van der Waals surface area contributed by atoms with Crippen molar-refractivity contribution in [1.29, 1.82) is 0 Å². The smallest absolute Gasteiger partial charge is 0.225 e. The Morgan fingerprint density at radius 1 is 0.838 bits per heavy atom. The van der Waals surface area contributed by atoms with Crippen LogP contribution in [0, 0.1) is 0 Å². The van der Waals surface area contributed by atoms with Gasteiger partial charge in [0.2, 0.25) is 17.6 Å². The van der Waals surface area contributed by atoms with Gasteiger partial charge in [-0.15, -0.1) is 0 Å². The largest absolute Gasteiger partial charge is 0.496 e. The number of ether oxygens (including phenoxy) is 4. The van der Waals surface area contributed by atoms with Crippen molar-refractivity contribution < 1.29 is 33.3 Å². The van der Waals surface area contributed by atoms with Crippen molar-refractivity contribution >= 4 is 23.7 Å². The van der Waals surface area contributed by atoms with Crippen molar-refractivity contribution in [1.82, 2.24) is 0 Å². The minimum Gasteiger partial charge on any atom is -0.496 e. The second-order valence-corrected chi connectivity index (χ2v) is 8.59. The van der Waals surface area contributed by atoms with Gasteiger partial charge in [0, 0.05) is 17.5 Å². The van der Waals surface area contributed by atoms with E-state index in [0.29, 0.717) is 70.9 Å². The number of methoxy groups -OCH3 is 4. The highest BCUT2D eigenvalue weighted by molar-refractivity contribution is 6.11. The molecule has 2 aromatic rings. The number of unbranched alkanes of at least 4 members (excludes halogenated alkanes) is 2. The zero-order chi connectivity index (χ0) is 27.5. The molecule has 0 aliphatic heterocycles. The third kappa shape index (κ3) is 7.73. The third-order valence-electron chi connectivity index (χ3n) is 6.06. The number of carbonyl (C=O) groups excluding carboxylic acids is 3. The van der Waals surface area contributed by atoms with Gasteiger partial charge in [0.25, 0.3) is 0 Å². The first-order valence-electron chi connectivity index (χ1n) is 11.9. The van der Waals surface area contributed by atoms with E-state index in [4.69, 9.17) is 30.4 Å². The van der Waals surface area contributed by atoms with Crippen molar-refractivity contribution in [3.05, 3.63) is 52.6 Å². The average molecular weight is 513 g/mol. The molecule has 0 aliphatic rings. The van der Waals surface area contributed by atoms with E-state index in [2.05, 4.69) is 0 Å². The molecule has 1 atom stereocenters. The topological polar surface area (TPSA) is 140 Å². The maximum atomic E-state index is 13.2. The number of allylic oxidation sites excluding steroid dienone is 1. The normalized spacial score (nSPS) is 12.0. The SMILES string of the molecule is COc1ccc(/C=C(\C)C(=O)c2cc(OC)c(OC)c(OC)c2)cc1C(CCCCCC(N)=O)C(N)=O. The molecule has 2 rings (SSSR count). The molecule has 2 aromatic carbocycles. The van der Waals surface area contributed by atoms with Crippen molar-refractivity contribution in [3.8, 4) is 23.0 Å². The highest BCUT2D eigenvalue weighted by Gasteiger charge is 2.22. The first kappa shape index (κ1) is 29.2. The van der Waals surface area contributed by atoms with E-state index in [1.54, 1.807) is 37.3 Å². The summed E-state index contributed by atoms with van der Waals surface area (Å²) < 4.78 is 21.5. The summed E-state index contributed by atoms with van der Waals surface area (Å²) in [6.07, 6.45) is 4.65. The maximum absolute atomic E-state index is 13.2. The van der Waals surface area contributed by atoms with Crippen LogP contribution in [0.2, 0.25) is 0 Å². The monoisotopic (exact) mass is 512 g/mol. The molecule has 0 radical (unpaired) electrons. The third-order valence-corrected chi connectivity index (χ3v) is 6.06. The highest BCUT2D eigenvalue weighted by Crippen LogP contribution is 2.39. The summed E-state index contributed by atoms with van der Waals surface area (Å²) in [5.41, 5.74) is 13.1. The Bertz CT molecular complexity index is 1130. The van der Waals surface area contributed by atoms with Gasteiger partial charge in [-0.25, -0.2) is 0 Å². The summed E-state index contributed by atoms with van der Waals surface area (Å²) in [5.74, 6) is 0.0700. The minimum absolute atomic E-state index is 0.225. The van der Waals surface area contributed by atoms with Crippen LogP contribution in [-0.2, 0) is 9.59 Å². The molecule has 4 N–H and O–H groups in total. The molecule has 0 fully saturated rings. The molecule has 9 heteroatoms. The molecule has 200 valence electrons. The van der Waals surface area contributed by atoms with Crippen molar-refractivity contribution in [3.63, 3.8) is 0 Å². The summed E-state index contributed by atoms with van der Waals surface area (Å²) >= 11 is 0. The Balaban J connectivity index is 2.35. The Hall–Kier alpha value is -4.01. The van der Waals surface area contributed by atoms with Crippen molar-refractivity contribution in [2.24, 2.45) is 11.5 Å². The molecule has 37 heavy (non-hydrogen) atoms. The van der Waals surface area contributed by atoms with E-state index in [1.165, 1.54) is 28.4 Å². The second-order valence-electron chi connectivity index (χ2n) is 8.59. The average Bonchev–Trinajstić information content (AvgIpc) is 2.88.